The zero-order chi connectivity index (χ0) is 9.10. The molecule has 0 unspecified atom stereocenters. The first-order valence-electron chi connectivity index (χ1n) is 3.74. The Morgan fingerprint density at radius 1 is 1.54 bits per heavy atom. The molecule has 13 heavy (non-hydrogen) atoms. The Morgan fingerprint density at radius 3 is 3.08 bits per heavy atom. The maximum absolute atomic E-state index is 10.3. The van der Waals surface area contributed by atoms with Crippen LogP contribution in [0.25, 0.3) is 0 Å². The molecule has 0 radical (unpaired) electrons. The molecule has 0 spiro atoms. The van der Waals surface area contributed by atoms with Crippen molar-refractivity contribution in [3.8, 4) is 0 Å². The molecule has 66 valence electrons. The van der Waals surface area contributed by atoms with Crippen LogP contribution in [0.1, 0.15) is 15.5 Å². The Bertz CT molecular complexity index is 393. The van der Waals surface area contributed by atoms with E-state index >= 15 is 0 Å². The van der Waals surface area contributed by atoms with Crippen molar-refractivity contribution in [3.05, 3.63) is 34.8 Å². The summed E-state index contributed by atoms with van der Waals surface area (Å²) in [5, 5.41) is 2.93. The number of imidazole rings is 1. The Hall–Kier alpha value is -1.49. The fraction of sp³-hybridized carbons (Fsp3) is 0.125. The molecule has 0 N–H and O–H groups in total. The summed E-state index contributed by atoms with van der Waals surface area (Å²) in [5.41, 5.74) is 0.455. The van der Waals surface area contributed by atoms with E-state index in [2.05, 4.69) is 9.97 Å². The molecule has 0 aliphatic carbocycles. The van der Waals surface area contributed by atoms with Gasteiger partial charge in [0.05, 0.1) is 12.9 Å². The summed E-state index contributed by atoms with van der Waals surface area (Å²) < 4.78 is 1.84. The van der Waals surface area contributed by atoms with Crippen molar-refractivity contribution < 1.29 is 4.79 Å². The normalized spacial score (nSPS) is 10.2. The monoisotopic (exact) mass is 193 g/mol. The Labute approximate surface area is 78.9 Å². The third kappa shape index (κ3) is 1.81. The van der Waals surface area contributed by atoms with Crippen LogP contribution >= 0.6 is 11.3 Å². The first-order valence-corrected chi connectivity index (χ1v) is 4.62. The van der Waals surface area contributed by atoms with Gasteiger partial charge in [-0.2, -0.15) is 0 Å². The third-order valence-electron chi connectivity index (χ3n) is 1.58. The van der Waals surface area contributed by atoms with Gasteiger partial charge in [0.25, 0.3) is 0 Å². The van der Waals surface area contributed by atoms with Gasteiger partial charge in [-0.3, -0.25) is 4.79 Å². The third-order valence-corrected chi connectivity index (χ3v) is 2.34. The van der Waals surface area contributed by atoms with E-state index in [1.165, 1.54) is 0 Å². The highest BCUT2D eigenvalue weighted by Gasteiger charge is 1.99. The summed E-state index contributed by atoms with van der Waals surface area (Å²) >= 11 is 1.59. The number of nitrogens with zero attached hydrogens (tertiary/aromatic N) is 3. The summed E-state index contributed by atoms with van der Waals surface area (Å²) in [6, 6.07) is 0. The van der Waals surface area contributed by atoms with E-state index in [9.17, 15) is 4.79 Å². The highest BCUT2D eigenvalue weighted by Crippen LogP contribution is 2.06. The van der Waals surface area contributed by atoms with E-state index in [0.29, 0.717) is 12.2 Å². The van der Waals surface area contributed by atoms with Crippen LogP contribution in [0.2, 0.25) is 0 Å². The lowest BCUT2D eigenvalue weighted by Crippen LogP contribution is -1.94. The van der Waals surface area contributed by atoms with Crippen LogP contribution in [0.3, 0.4) is 0 Å². The van der Waals surface area contributed by atoms with Crippen LogP contribution in [-0.2, 0) is 6.54 Å². The molecule has 0 saturated heterocycles. The molecule has 2 aromatic rings. The largest absolute Gasteiger partial charge is 0.330 e. The van der Waals surface area contributed by atoms with Crippen molar-refractivity contribution in [1.82, 2.24) is 14.5 Å². The van der Waals surface area contributed by atoms with Gasteiger partial charge in [0.2, 0.25) is 0 Å². The number of thiazole rings is 1. The van der Waals surface area contributed by atoms with E-state index in [1.807, 2.05) is 9.95 Å². The van der Waals surface area contributed by atoms with Crippen molar-refractivity contribution in [2.75, 3.05) is 0 Å². The highest BCUT2D eigenvalue weighted by molar-refractivity contribution is 7.09. The first-order chi connectivity index (χ1) is 6.38. The Balaban J connectivity index is 2.14. The minimum absolute atomic E-state index is 0.455. The number of aromatic nitrogens is 3. The second-order valence-electron chi connectivity index (χ2n) is 2.51. The number of hydrogen-bond acceptors (Lipinski definition) is 4. The summed E-state index contributed by atoms with van der Waals surface area (Å²) in [7, 11) is 0. The maximum atomic E-state index is 10.3. The van der Waals surface area contributed by atoms with Gasteiger partial charge in [-0.25, -0.2) is 9.97 Å². The number of carbonyl (C=O) groups is 1. The maximum Gasteiger partial charge on any atom is 0.169 e. The molecule has 0 aliphatic rings. The van der Waals surface area contributed by atoms with Gasteiger partial charge in [0, 0.05) is 17.8 Å². The zero-order valence-corrected chi connectivity index (χ0v) is 7.57. The second-order valence-corrected chi connectivity index (χ2v) is 3.49. The highest BCUT2D eigenvalue weighted by atomic mass is 32.1. The van der Waals surface area contributed by atoms with Crippen molar-refractivity contribution in [3.63, 3.8) is 0 Å². The lowest BCUT2D eigenvalue weighted by Gasteiger charge is -1.95. The zero-order valence-electron chi connectivity index (χ0n) is 6.75. The van der Waals surface area contributed by atoms with Crippen molar-refractivity contribution in [2.45, 2.75) is 6.54 Å². The predicted octanol–water partition coefficient (Wildman–Crippen LogP) is 1.20. The van der Waals surface area contributed by atoms with Gasteiger partial charge < -0.3 is 4.57 Å². The summed E-state index contributed by atoms with van der Waals surface area (Å²) in [5.74, 6) is 0. The number of rotatable bonds is 3. The molecule has 0 amide bonds. The minimum Gasteiger partial charge on any atom is -0.330 e. The minimum atomic E-state index is 0.455. The quantitative estimate of drug-likeness (QED) is 0.688. The molecule has 2 rings (SSSR count). The van der Waals surface area contributed by atoms with Crippen molar-refractivity contribution in [1.29, 1.82) is 0 Å². The molecule has 0 aliphatic heterocycles. The Morgan fingerprint density at radius 2 is 2.46 bits per heavy atom. The van der Waals surface area contributed by atoms with E-state index in [4.69, 9.17) is 0 Å². The molecule has 2 heterocycles. The van der Waals surface area contributed by atoms with Gasteiger partial charge in [-0.05, 0) is 0 Å². The van der Waals surface area contributed by atoms with Crippen LogP contribution < -0.4 is 0 Å². The molecule has 0 fully saturated rings. The first kappa shape index (κ1) is 8.12. The van der Waals surface area contributed by atoms with Gasteiger partial charge in [-0.1, -0.05) is 0 Å². The average Bonchev–Trinajstić information content (AvgIpc) is 2.76. The number of aldehydes is 1. The van der Waals surface area contributed by atoms with E-state index in [1.54, 1.807) is 30.1 Å². The van der Waals surface area contributed by atoms with Crippen molar-refractivity contribution >= 4 is 17.6 Å². The topological polar surface area (TPSA) is 47.8 Å². The van der Waals surface area contributed by atoms with Gasteiger partial charge >= 0.3 is 0 Å². The molecule has 0 aromatic carbocycles. The van der Waals surface area contributed by atoms with Gasteiger partial charge in [0.1, 0.15) is 10.7 Å². The molecular weight excluding hydrogens is 186 g/mol. The Kier molecular flexibility index (Phi) is 2.18. The van der Waals surface area contributed by atoms with Crippen LogP contribution in [-0.4, -0.2) is 20.8 Å². The molecule has 0 bridgehead atoms. The lowest BCUT2D eigenvalue weighted by molar-refractivity contribution is 0.111. The van der Waals surface area contributed by atoms with E-state index < -0.39 is 0 Å². The second kappa shape index (κ2) is 3.49. The SMILES string of the molecule is O=Cc1cn(Cc2nccs2)cn1. The molecule has 4 nitrogen and oxygen atoms in total. The molecule has 0 atom stereocenters. The number of hydrogen-bond donors (Lipinski definition) is 0. The van der Waals surface area contributed by atoms with Gasteiger partial charge in [-0.15, -0.1) is 11.3 Å². The predicted molar refractivity (Wildman–Crippen MR) is 48.8 cm³/mol. The van der Waals surface area contributed by atoms with Gasteiger partial charge in [0.15, 0.2) is 6.29 Å². The average molecular weight is 193 g/mol. The lowest BCUT2D eigenvalue weighted by atomic mass is 10.5. The summed E-state index contributed by atoms with van der Waals surface area (Å²) in [6.45, 7) is 0.679. The van der Waals surface area contributed by atoms with Crippen LogP contribution in [0.15, 0.2) is 24.1 Å². The van der Waals surface area contributed by atoms with Crippen LogP contribution in [0.5, 0.6) is 0 Å². The van der Waals surface area contributed by atoms with Crippen LogP contribution in [0.4, 0.5) is 0 Å². The van der Waals surface area contributed by atoms with E-state index in [0.717, 1.165) is 11.3 Å². The van der Waals surface area contributed by atoms with Crippen LogP contribution in [0, 0.1) is 0 Å². The molecular formula is C8H7N3OS. The summed E-state index contributed by atoms with van der Waals surface area (Å²) in [6.07, 6.45) is 5.83. The summed E-state index contributed by atoms with van der Waals surface area (Å²) in [4.78, 5) is 18.3. The fourth-order valence-electron chi connectivity index (χ4n) is 1.01. The van der Waals surface area contributed by atoms with E-state index in [-0.39, 0.29) is 0 Å². The molecule has 0 saturated carbocycles. The number of carbonyl (C=O) groups excluding carboxylic acids is 1. The molecule has 2 aromatic heterocycles. The fourth-order valence-corrected chi connectivity index (χ4v) is 1.64. The van der Waals surface area contributed by atoms with Crippen molar-refractivity contribution in [2.24, 2.45) is 0 Å². The standard InChI is InChI=1S/C8H7N3OS/c12-5-7-3-11(6-10-7)4-8-9-1-2-13-8/h1-3,5-6H,4H2. The smallest absolute Gasteiger partial charge is 0.169 e. The molecule has 5 heteroatoms.